The minimum Gasteiger partial charge on any atom is -0.465 e. The molecule has 0 saturated carbocycles. The fraction of sp³-hybridized carbons (Fsp3) is 0.500. The van der Waals surface area contributed by atoms with Gasteiger partial charge < -0.3 is 14.4 Å². The van der Waals surface area contributed by atoms with Gasteiger partial charge in [0.2, 0.25) is 5.91 Å². The molecule has 2 fully saturated rings. The number of nitrogens with zero attached hydrogens (tertiary/aromatic N) is 1. The van der Waals surface area contributed by atoms with E-state index in [0.717, 1.165) is 16.5 Å². The maximum Gasteiger partial charge on any atom is 0.312 e. The molecule has 0 N–H and O–H groups in total. The Hall–Kier alpha value is -1.66. The minimum absolute atomic E-state index is 0.0225. The third-order valence-corrected chi connectivity index (χ3v) is 6.20. The van der Waals surface area contributed by atoms with Gasteiger partial charge in [0.25, 0.3) is 0 Å². The van der Waals surface area contributed by atoms with Crippen LogP contribution in [0.2, 0.25) is 0 Å². The summed E-state index contributed by atoms with van der Waals surface area (Å²) >= 11 is 3.44. The number of rotatable bonds is 5. The molecule has 0 aliphatic carbocycles. The Balaban J connectivity index is 1.59. The van der Waals surface area contributed by atoms with Gasteiger partial charge in [-0.05, 0) is 31.0 Å². The summed E-state index contributed by atoms with van der Waals surface area (Å²) in [7, 11) is 0. The average molecular weight is 420 g/mol. The van der Waals surface area contributed by atoms with Crippen molar-refractivity contribution in [1.29, 1.82) is 0 Å². The number of ether oxygens (including phenoxy) is 2. The number of likely N-dealkylation sites (tertiary alicyclic amines) is 1. The molecule has 5 atom stereocenters. The Kier molecular flexibility index (Phi) is 4.43. The smallest absolute Gasteiger partial charge is 0.312 e. The molecule has 1 amide bonds. The number of hydrogen-bond donors (Lipinski definition) is 0. The standard InChI is InChI=1S/C20H22BrNO4/c1-3-10-25-19(24)16-15-8-9-20(26-15)11-22(18(23)17(16)20)12(2)13-4-6-14(21)7-5-13/h4-9,12,15-17H,3,10-11H2,1-2H3/t12-,15-,16-,17-,20+/m0/s1. The quantitative estimate of drug-likeness (QED) is 0.542. The lowest BCUT2D eigenvalue weighted by Gasteiger charge is -2.27. The normalized spacial score (nSPS) is 32.8. The number of carbonyl (C=O) groups excluding carboxylic acids is 2. The van der Waals surface area contributed by atoms with E-state index < -0.39 is 17.4 Å². The van der Waals surface area contributed by atoms with Gasteiger partial charge in [-0.1, -0.05) is 47.1 Å². The van der Waals surface area contributed by atoms with Crippen LogP contribution >= 0.6 is 15.9 Å². The van der Waals surface area contributed by atoms with Crippen LogP contribution in [-0.2, 0) is 19.1 Å². The summed E-state index contributed by atoms with van der Waals surface area (Å²) in [4.78, 5) is 27.6. The fourth-order valence-corrected chi connectivity index (χ4v) is 4.61. The van der Waals surface area contributed by atoms with Gasteiger partial charge in [0.05, 0.1) is 31.2 Å². The van der Waals surface area contributed by atoms with E-state index in [2.05, 4.69) is 15.9 Å². The van der Waals surface area contributed by atoms with E-state index in [1.54, 1.807) is 0 Å². The average Bonchev–Trinajstić information content (AvgIpc) is 3.28. The van der Waals surface area contributed by atoms with Crippen molar-refractivity contribution in [2.75, 3.05) is 13.2 Å². The van der Waals surface area contributed by atoms with E-state index in [9.17, 15) is 9.59 Å². The van der Waals surface area contributed by atoms with Gasteiger partial charge in [-0.15, -0.1) is 0 Å². The molecule has 3 aliphatic heterocycles. The van der Waals surface area contributed by atoms with Crippen molar-refractivity contribution < 1.29 is 19.1 Å². The van der Waals surface area contributed by atoms with Gasteiger partial charge in [0.1, 0.15) is 11.5 Å². The van der Waals surface area contributed by atoms with Crippen LogP contribution in [0, 0.1) is 11.8 Å². The second-order valence-electron chi connectivity index (χ2n) is 7.26. The lowest BCUT2D eigenvalue weighted by molar-refractivity contribution is -0.154. The van der Waals surface area contributed by atoms with Crippen molar-refractivity contribution in [3.63, 3.8) is 0 Å². The number of esters is 1. The van der Waals surface area contributed by atoms with Crippen LogP contribution in [-0.4, -0.2) is 41.6 Å². The third-order valence-electron chi connectivity index (χ3n) is 5.67. The van der Waals surface area contributed by atoms with Crippen molar-refractivity contribution in [3.05, 3.63) is 46.5 Å². The number of carbonyl (C=O) groups is 2. The summed E-state index contributed by atoms with van der Waals surface area (Å²) < 4.78 is 12.5. The van der Waals surface area contributed by atoms with Crippen molar-refractivity contribution in [3.8, 4) is 0 Å². The highest BCUT2D eigenvalue weighted by Gasteiger charge is 2.67. The lowest BCUT2D eigenvalue weighted by atomic mass is 9.77. The number of amides is 1. The van der Waals surface area contributed by atoms with E-state index in [4.69, 9.17) is 9.47 Å². The molecule has 1 aromatic rings. The Bertz CT molecular complexity index is 762. The van der Waals surface area contributed by atoms with Crippen LogP contribution in [0.3, 0.4) is 0 Å². The van der Waals surface area contributed by atoms with Crippen molar-refractivity contribution in [1.82, 2.24) is 4.90 Å². The molecule has 0 aromatic heterocycles. The van der Waals surface area contributed by atoms with E-state index in [0.29, 0.717) is 13.2 Å². The van der Waals surface area contributed by atoms with Crippen molar-refractivity contribution >= 4 is 27.8 Å². The first kappa shape index (κ1) is 17.7. The Morgan fingerprint density at radius 1 is 1.42 bits per heavy atom. The van der Waals surface area contributed by atoms with Crippen LogP contribution in [0.25, 0.3) is 0 Å². The van der Waals surface area contributed by atoms with E-state index in [-0.39, 0.29) is 24.0 Å². The zero-order valence-electron chi connectivity index (χ0n) is 14.9. The summed E-state index contributed by atoms with van der Waals surface area (Å²) in [6, 6.07) is 7.87. The first-order chi connectivity index (χ1) is 12.5. The van der Waals surface area contributed by atoms with Crippen LogP contribution < -0.4 is 0 Å². The monoisotopic (exact) mass is 419 g/mol. The number of benzene rings is 1. The first-order valence-corrected chi connectivity index (χ1v) is 9.86. The molecule has 4 rings (SSSR count). The SMILES string of the molecule is CCCOC(=O)[C@H]1[C@@H]2C=C[C@]3(CN([C@@H](C)c4ccc(Br)cc4)C(=O)[C@H]13)O2. The molecule has 3 heterocycles. The van der Waals surface area contributed by atoms with E-state index in [1.165, 1.54) is 0 Å². The molecular formula is C20H22BrNO4. The number of hydrogen-bond acceptors (Lipinski definition) is 4. The molecule has 1 spiro atoms. The van der Waals surface area contributed by atoms with Gasteiger partial charge in [-0.2, -0.15) is 0 Å². The second kappa shape index (κ2) is 6.50. The van der Waals surface area contributed by atoms with E-state index in [1.807, 2.05) is 55.2 Å². The number of fused-ring (bicyclic) bond motifs is 1. The Morgan fingerprint density at radius 3 is 2.85 bits per heavy atom. The molecule has 2 saturated heterocycles. The molecule has 138 valence electrons. The largest absolute Gasteiger partial charge is 0.465 e. The van der Waals surface area contributed by atoms with Gasteiger partial charge in [0, 0.05) is 4.47 Å². The van der Waals surface area contributed by atoms with Crippen LogP contribution in [0.1, 0.15) is 31.9 Å². The van der Waals surface area contributed by atoms with Gasteiger partial charge in [0.15, 0.2) is 0 Å². The van der Waals surface area contributed by atoms with E-state index >= 15 is 0 Å². The maximum absolute atomic E-state index is 13.2. The maximum atomic E-state index is 13.2. The topological polar surface area (TPSA) is 55.8 Å². The molecule has 5 nitrogen and oxygen atoms in total. The summed E-state index contributed by atoms with van der Waals surface area (Å²) in [5.74, 6) is -1.37. The summed E-state index contributed by atoms with van der Waals surface area (Å²) in [5, 5.41) is 0. The molecule has 6 heteroatoms. The third kappa shape index (κ3) is 2.62. The summed E-state index contributed by atoms with van der Waals surface area (Å²) in [5.41, 5.74) is 0.364. The molecule has 26 heavy (non-hydrogen) atoms. The fourth-order valence-electron chi connectivity index (χ4n) is 4.35. The Morgan fingerprint density at radius 2 is 2.15 bits per heavy atom. The van der Waals surface area contributed by atoms with Crippen LogP contribution in [0.5, 0.6) is 0 Å². The molecule has 1 aromatic carbocycles. The highest BCUT2D eigenvalue weighted by molar-refractivity contribution is 9.10. The summed E-state index contributed by atoms with van der Waals surface area (Å²) in [6.45, 7) is 4.81. The molecule has 0 unspecified atom stereocenters. The van der Waals surface area contributed by atoms with Crippen LogP contribution in [0.15, 0.2) is 40.9 Å². The molecule has 2 bridgehead atoms. The lowest BCUT2D eigenvalue weighted by Crippen LogP contribution is -2.40. The predicted molar refractivity (Wildman–Crippen MR) is 99.2 cm³/mol. The Labute approximate surface area is 161 Å². The highest BCUT2D eigenvalue weighted by atomic mass is 79.9. The highest BCUT2D eigenvalue weighted by Crippen LogP contribution is 2.53. The zero-order valence-corrected chi connectivity index (χ0v) is 16.4. The first-order valence-electron chi connectivity index (χ1n) is 9.06. The zero-order chi connectivity index (χ0) is 18.5. The van der Waals surface area contributed by atoms with Crippen LogP contribution in [0.4, 0.5) is 0 Å². The van der Waals surface area contributed by atoms with Crippen molar-refractivity contribution in [2.24, 2.45) is 11.8 Å². The predicted octanol–water partition coefficient (Wildman–Crippen LogP) is 3.25. The molecule has 0 radical (unpaired) electrons. The molecular weight excluding hydrogens is 398 g/mol. The van der Waals surface area contributed by atoms with Gasteiger partial charge >= 0.3 is 5.97 Å². The van der Waals surface area contributed by atoms with Gasteiger partial charge in [-0.25, -0.2) is 0 Å². The number of halogens is 1. The van der Waals surface area contributed by atoms with Gasteiger partial charge in [-0.3, -0.25) is 9.59 Å². The molecule has 3 aliphatic rings. The second-order valence-corrected chi connectivity index (χ2v) is 8.18. The minimum atomic E-state index is -0.693. The summed E-state index contributed by atoms with van der Waals surface area (Å²) in [6.07, 6.45) is 4.29. The van der Waals surface area contributed by atoms with Crippen molar-refractivity contribution in [2.45, 2.75) is 38.0 Å².